The van der Waals surface area contributed by atoms with Crippen molar-refractivity contribution < 1.29 is 8.42 Å². The predicted molar refractivity (Wildman–Crippen MR) is 71.2 cm³/mol. The summed E-state index contributed by atoms with van der Waals surface area (Å²) in [5.41, 5.74) is 5.19. The summed E-state index contributed by atoms with van der Waals surface area (Å²) < 4.78 is 27.4. The minimum Gasteiger partial charge on any atom is -0.329 e. The fraction of sp³-hybridized carbons (Fsp3) is 1.00. The van der Waals surface area contributed by atoms with Crippen LogP contribution in [-0.2, 0) is 10.0 Å². The lowest BCUT2D eigenvalue weighted by Gasteiger charge is -2.35. The first-order valence-corrected chi connectivity index (χ1v) is 8.09. The van der Waals surface area contributed by atoms with Crippen molar-refractivity contribution in [2.45, 2.75) is 63.7 Å². The molecule has 3 N–H and O–H groups in total. The maximum absolute atomic E-state index is 12.3. The highest BCUT2D eigenvalue weighted by Gasteiger charge is 2.36. The zero-order valence-electron chi connectivity index (χ0n) is 11.2. The number of nitrogens with one attached hydrogen (secondary N) is 1. The minimum atomic E-state index is -3.23. The van der Waals surface area contributed by atoms with Gasteiger partial charge in [-0.3, -0.25) is 0 Å². The quantitative estimate of drug-likeness (QED) is 0.790. The van der Waals surface area contributed by atoms with Crippen LogP contribution < -0.4 is 10.5 Å². The molecular formula is C12H26N2O2S. The molecule has 0 saturated heterocycles. The second-order valence-corrected chi connectivity index (χ2v) is 7.64. The molecular weight excluding hydrogens is 236 g/mol. The summed E-state index contributed by atoms with van der Waals surface area (Å²) in [6, 6.07) is 0. The Kier molecular flexibility index (Phi) is 4.98. The fourth-order valence-corrected chi connectivity index (χ4v) is 4.27. The van der Waals surface area contributed by atoms with Gasteiger partial charge < -0.3 is 5.73 Å². The normalized spacial score (nSPS) is 22.6. The van der Waals surface area contributed by atoms with E-state index in [-0.39, 0.29) is 11.2 Å². The van der Waals surface area contributed by atoms with E-state index in [2.05, 4.69) is 4.72 Å². The molecule has 17 heavy (non-hydrogen) atoms. The van der Waals surface area contributed by atoms with Crippen molar-refractivity contribution in [3.8, 4) is 0 Å². The number of rotatable bonds is 5. The predicted octanol–water partition coefficient (Wildman–Crippen LogP) is 1.61. The van der Waals surface area contributed by atoms with Crippen molar-refractivity contribution >= 4 is 10.0 Å². The first-order chi connectivity index (χ1) is 7.82. The molecule has 0 bridgehead atoms. The van der Waals surface area contributed by atoms with Gasteiger partial charge in [0.05, 0.1) is 5.25 Å². The van der Waals surface area contributed by atoms with E-state index in [1.54, 1.807) is 0 Å². The lowest BCUT2D eigenvalue weighted by molar-refractivity contribution is 0.311. The van der Waals surface area contributed by atoms with Gasteiger partial charge in [0.25, 0.3) is 0 Å². The third-order valence-corrected chi connectivity index (χ3v) is 6.16. The van der Waals surface area contributed by atoms with Crippen LogP contribution in [0.3, 0.4) is 0 Å². The zero-order valence-corrected chi connectivity index (χ0v) is 12.0. The molecule has 5 heteroatoms. The summed E-state index contributed by atoms with van der Waals surface area (Å²) in [6.07, 6.45) is 4.77. The van der Waals surface area contributed by atoms with Crippen LogP contribution >= 0.6 is 0 Å². The molecule has 102 valence electrons. The van der Waals surface area contributed by atoms with Gasteiger partial charge in [-0.1, -0.05) is 33.1 Å². The van der Waals surface area contributed by atoms with E-state index in [0.29, 0.717) is 6.54 Å². The highest BCUT2D eigenvalue weighted by atomic mass is 32.2. The summed E-state index contributed by atoms with van der Waals surface area (Å²) in [4.78, 5) is 0. The Morgan fingerprint density at radius 1 is 1.29 bits per heavy atom. The van der Waals surface area contributed by atoms with Crippen LogP contribution in [0.5, 0.6) is 0 Å². The van der Waals surface area contributed by atoms with Crippen LogP contribution in [0.4, 0.5) is 0 Å². The van der Waals surface area contributed by atoms with Crippen molar-refractivity contribution in [2.24, 2.45) is 11.7 Å². The van der Waals surface area contributed by atoms with Crippen LogP contribution in [0, 0.1) is 5.92 Å². The van der Waals surface area contributed by atoms with E-state index < -0.39 is 15.6 Å². The molecule has 0 aliphatic heterocycles. The van der Waals surface area contributed by atoms with Crippen LogP contribution in [-0.4, -0.2) is 25.8 Å². The van der Waals surface area contributed by atoms with Crippen molar-refractivity contribution in [2.75, 3.05) is 6.54 Å². The van der Waals surface area contributed by atoms with Crippen molar-refractivity contribution in [3.05, 3.63) is 0 Å². The lowest BCUT2D eigenvalue weighted by Crippen LogP contribution is -2.57. The Bertz CT molecular complexity index is 334. The molecule has 0 spiro atoms. The van der Waals surface area contributed by atoms with Gasteiger partial charge in [0.2, 0.25) is 10.0 Å². The van der Waals surface area contributed by atoms with Gasteiger partial charge in [0.1, 0.15) is 0 Å². The van der Waals surface area contributed by atoms with E-state index in [0.717, 1.165) is 32.1 Å². The van der Waals surface area contributed by atoms with Crippen molar-refractivity contribution in [1.29, 1.82) is 0 Å². The Labute approximate surface area is 105 Å². The van der Waals surface area contributed by atoms with Gasteiger partial charge in [-0.2, -0.15) is 0 Å². The maximum Gasteiger partial charge on any atom is 0.215 e. The lowest BCUT2D eigenvalue weighted by atomic mass is 9.90. The van der Waals surface area contributed by atoms with Gasteiger partial charge in [-0.05, 0) is 25.7 Å². The Morgan fingerprint density at radius 2 is 1.82 bits per heavy atom. The topological polar surface area (TPSA) is 72.2 Å². The van der Waals surface area contributed by atoms with Crippen LogP contribution in [0.25, 0.3) is 0 Å². The second-order valence-electron chi connectivity index (χ2n) is 5.68. The minimum absolute atomic E-state index is 0.186. The molecule has 4 nitrogen and oxygen atoms in total. The summed E-state index contributed by atoms with van der Waals surface area (Å²) in [6.45, 7) is 6.21. The fourth-order valence-electron chi connectivity index (χ4n) is 2.18. The summed E-state index contributed by atoms with van der Waals surface area (Å²) >= 11 is 0. The summed E-state index contributed by atoms with van der Waals surface area (Å²) in [7, 11) is -3.23. The van der Waals surface area contributed by atoms with E-state index in [1.807, 2.05) is 20.8 Å². The molecule has 1 unspecified atom stereocenters. The molecule has 0 aromatic rings. The summed E-state index contributed by atoms with van der Waals surface area (Å²) in [5, 5.41) is -0.221. The number of nitrogens with two attached hydrogens (primary N) is 1. The Hall–Kier alpha value is -0.130. The van der Waals surface area contributed by atoms with Gasteiger partial charge >= 0.3 is 0 Å². The number of sulfonamides is 1. The van der Waals surface area contributed by atoms with E-state index >= 15 is 0 Å². The average molecular weight is 262 g/mol. The van der Waals surface area contributed by atoms with Gasteiger partial charge in [0, 0.05) is 12.1 Å². The Balaban J connectivity index is 2.77. The van der Waals surface area contributed by atoms with Gasteiger partial charge in [-0.15, -0.1) is 0 Å². The standard InChI is InChI=1S/C12H26N2O2S/c1-10(2)12(3,9-13)14-17(15,16)11-7-5-4-6-8-11/h10-11,14H,4-9,13H2,1-3H3. The molecule has 0 aromatic heterocycles. The van der Waals surface area contributed by atoms with Crippen LogP contribution in [0.2, 0.25) is 0 Å². The molecule has 0 amide bonds. The first kappa shape index (κ1) is 14.9. The zero-order chi connectivity index (χ0) is 13.1. The molecule has 1 saturated carbocycles. The molecule has 0 aromatic carbocycles. The second kappa shape index (κ2) is 5.67. The average Bonchev–Trinajstić information content (AvgIpc) is 2.29. The monoisotopic (exact) mass is 262 g/mol. The largest absolute Gasteiger partial charge is 0.329 e. The van der Waals surface area contributed by atoms with Crippen molar-refractivity contribution in [3.63, 3.8) is 0 Å². The van der Waals surface area contributed by atoms with E-state index in [4.69, 9.17) is 5.73 Å². The smallest absolute Gasteiger partial charge is 0.215 e. The third kappa shape index (κ3) is 3.66. The highest BCUT2D eigenvalue weighted by molar-refractivity contribution is 7.90. The summed E-state index contributed by atoms with van der Waals surface area (Å²) in [5.74, 6) is 0.186. The molecule has 1 aliphatic carbocycles. The maximum atomic E-state index is 12.3. The van der Waals surface area contributed by atoms with Gasteiger partial charge in [0.15, 0.2) is 0 Å². The molecule has 1 aliphatic rings. The van der Waals surface area contributed by atoms with E-state index in [1.165, 1.54) is 0 Å². The molecule has 1 fully saturated rings. The van der Waals surface area contributed by atoms with E-state index in [9.17, 15) is 8.42 Å². The number of hydrogen-bond donors (Lipinski definition) is 2. The SMILES string of the molecule is CC(C)C(C)(CN)NS(=O)(=O)C1CCCCC1. The Morgan fingerprint density at radius 3 is 2.24 bits per heavy atom. The molecule has 1 atom stereocenters. The molecule has 1 rings (SSSR count). The first-order valence-electron chi connectivity index (χ1n) is 6.54. The molecule has 0 radical (unpaired) electrons. The van der Waals surface area contributed by atoms with Crippen LogP contribution in [0.1, 0.15) is 52.9 Å². The highest BCUT2D eigenvalue weighted by Crippen LogP contribution is 2.25. The van der Waals surface area contributed by atoms with Crippen LogP contribution in [0.15, 0.2) is 0 Å². The third-order valence-electron chi connectivity index (χ3n) is 4.06. The van der Waals surface area contributed by atoms with Gasteiger partial charge in [-0.25, -0.2) is 13.1 Å². The molecule has 0 heterocycles. The van der Waals surface area contributed by atoms with Crippen molar-refractivity contribution in [1.82, 2.24) is 4.72 Å². The number of hydrogen-bond acceptors (Lipinski definition) is 3.